The fraction of sp³-hybridized carbons (Fsp3) is 0.400. The Labute approximate surface area is 78.9 Å². The molecule has 0 bridgehead atoms. The summed E-state index contributed by atoms with van der Waals surface area (Å²) in [6.07, 6.45) is 1.82. The molecule has 0 spiro atoms. The van der Waals surface area contributed by atoms with E-state index >= 15 is 0 Å². The molecule has 70 valence electrons. The van der Waals surface area contributed by atoms with Crippen molar-refractivity contribution in [2.75, 3.05) is 5.32 Å². The maximum Gasteiger partial charge on any atom is 0.223 e. The van der Waals surface area contributed by atoms with Crippen molar-refractivity contribution in [1.82, 2.24) is 9.97 Å². The lowest BCUT2D eigenvalue weighted by Crippen LogP contribution is -2.14. The van der Waals surface area contributed by atoms with Crippen molar-refractivity contribution in [2.45, 2.75) is 26.8 Å². The first kappa shape index (κ1) is 9.71. The van der Waals surface area contributed by atoms with Gasteiger partial charge in [-0.05, 0) is 26.8 Å². The first-order valence-electron chi connectivity index (χ1n) is 4.33. The highest BCUT2D eigenvalue weighted by Gasteiger charge is 2.00. The average Bonchev–Trinajstić information content (AvgIpc) is 2.02. The second kappa shape index (κ2) is 4.03. The molecule has 0 saturated heterocycles. The molecule has 1 heterocycles. The molecular formula is C10H15N3. The Kier molecular flexibility index (Phi) is 3.01. The van der Waals surface area contributed by atoms with Gasteiger partial charge in [-0.15, -0.1) is 6.58 Å². The maximum atomic E-state index is 4.25. The Morgan fingerprint density at radius 1 is 1.38 bits per heavy atom. The largest absolute Gasteiger partial charge is 0.348 e. The molecule has 3 heteroatoms. The third-order valence-electron chi connectivity index (χ3n) is 1.69. The molecule has 0 amide bonds. The fourth-order valence-corrected chi connectivity index (χ4v) is 1.05. The molecule has 1 rings (SSSR count). The Balaban J connectivity index is 2.82. The highest BCUT2D eigenvalue weighted by Crippen LogP contribution is 2.04. The second-order valence-corrected chi connectivity index (χ2v) is 3.14. The van der Waals surface area contributed by atoms with Crippen LogP contribution in [0, 0.1) is 13.8 Å². The lowest BCUT2D eigenvalue weighted by atomic mass is 10.3. The zero-order valence-electron chi connectivity index (χ0n) is 8.33. The Morgan fingerprint density at radius 3 is 2.38 bits per heavy atom. The summed E-state index contributed by atoms with van der Waals surface area (Å²) in [5.41, 5.74) is 1.96. The minimum atomic E-state index is 0.196. The molecule has 0 aliphatic carbocycles. The zero-order chi connectivity index (χ0) is 9.84. The van der Waals surface area contributed by atoms with Gasteiger partial charge in [0.05, 0.1) is 0 Å². The van der Waals surface area contributed by atoms with Gasteiger partial charge in [0.15, 0.2) is 0 Å². The zero-order valence-corrected chi connectivity index (χ0v) is 8.33. The van der Waals surface area contributed by atoms with Gasteiger partial charge in [-0.2, -0.15) is 0 Å². The predicted octanol–water partition coefficient (Wildman–Crippen LogP) is 2.08. The van der Waals surface area contributed by atoms with E-state index < -0.39 is 0 Å². The van der Waals surface area contributed by atoms with Crippen LogP contribution in [-0.4, -0.2) is 16.0 Å². The minimum Gasteiger partial charge on any atom is -0.348 e. The average molecular weight is 177 g/mol. The Bertz CT molecular complexity index is 287. The van der Waals surface area contributed by atoms with Crippen LogP contribution < -0.4 is 5.32 Å². The lowest BCUT2D eigenvalue weighted by Gasteiger charge is -2.09. The lowest BCUT2D eigenvalue weighted by molar-refractivity contribution is 0.938. The minimum absolute atomic E-state index is 0.196. The van der Waals surface area contributed by atoms with E-state index in [2.05, 4.69) is 21.9 Å². The van der Waals surface area contributed by atoms with Crippen molar-refractivity contribution in [1.29, 1.82) is 0 Å². The molecular weight excluding hydrogens is 162 g/mol. The number of rotatable bonds is 3. The van der Waals surface area contributed by atoms with Crippen LogP contribution in [0.25, 0.3) is 0 Å². The SMILES string of the molecule is C=CC(C)Nc1nc(C)cc(C)n1. The van der Waals surface area contributed by atoms with Gasteiger partial charge in [-0.3, -0.25) is 0 Å². The molecule has 0 saturated carbocycles. The van der Waals surface area contributed by atoms with E-state index in [-0.39, 0.29) is 6.04 Å². The first-order valence-corrected chi connectivity index (χ1v) is 4.33. The van der Waals surface area contributed by atoms with Crippen molar-refractivity contribution in [3.63, 3.8) is 0 Å². The van der Waals surface area contributed by atoms with Crippen LogP contribution in [0.3, 0.4) is 0 Å². The number of aromatic nitrogens is 2. The van der Waals surface area contributed by atoms with E-state index in [1.807, 2.05) is 32.9 Å². The van der Waals surface area contributed by atoms with Crippen LogP contribution in [0.5, 0.6) is 0 Å². The van der Waals surface area contributed by atoms with Crippen LogP contribution in [-0.2, 0) is 0 Å². The van der Waals surface area contributed by atoms with Gasteiger partial charge in [0.2, 0.25) is 5.95 Å². The number of anilines is 1. The molecule has 1 N–H and O–H groups in total. The van der Waals surface area contributed by atoms with E-state index in [1.54, 1.807) is 0 Å². The summed E-state index contributed by atoms with van der Waals surface area (Å²) in [6, 6.07) is 2.14. The Hall–Kier alpha value is -1.38. The van der Waals surface area contributed by atoms with Gasteiger partial charge < -0.3 is 5.32 Å². The van der Waals surface area contributed by atoms with Crippen LogP contribution in [0.15, 0.2) is 18.7 Å². The third-order valence-corrected chi connectivity index (χ3v) is 1.69. The molecule has 1 unspecified atom stereocenters. The molecule has 0 radical (unpaired) electrons. The summed E-state index contributed by atoms with van der Waals surface area (Å²) in [5, 5.41) is 3.13. The molecule has 13 heavy (non-hydrogen) atoms. The number of nitrogens with one attached hydrogen (secondary N) is 1. The predicted molar refractivity (Wildman–Crippen MR) is 54.8 cm³/mol. The molecule has 1 aromatic rings. The smallest absolute Gasteiger partial charge is 0.223 e. The summed E-state index contributed by atoms with van der Waals surface area (Å²) in [4.78, 5) is 8.50. The molecule has 1 atom stereocenters. The fourth-order valence-electron chi connectivity index (χ4n) is 1.05. The number of hydrogen-bond acceptors (Lipinski definition) is 3. The van der Waals surface area contributed by atoms with Crippen molar-refractivity contribution < 1.29 is 0 Å². The van der Waals surface area contributed by atoms with E-state index in [0.29, 0.717) is 5.95 Å². The van der Waals surface area contributed by atoms with Gasteiger partial charge >= 0.3 is 0 Å². The van der Waals surface area contributed by atoms with Crippen molar-refractivity contribution in [3.05, 3.63) is 30.1 Å². The summed E-state index contributed by atoms with van der Waals surface area (Å²) in [7, 11) is 0. The maximum absolute atomic E-state index is 4.25. The van der Waals surface area contributed by atoms with Gasteiger partial charge in [0.1, 0.15) is 0 Å². The molecule has 0 aromatic carbocycles. The van der Waals surface area contributed by atoms with Crippen LogP contribution in [0.2, 0.25) is 0 Å². The third kappa shape index (κ3) is 2.86. The molecule has 0 fully saturated rings. The number of hydrogen-bond donors (Lipinski definition) is 1. The summed E-state index contributed by atoms with van der Waals surface area (Å²) >= 11 is 0. The van der Waals surface area contributed by atoms with Crippen LogP contribution in [0.4, 0.5) is 5.95 Å². The van der Waals surface area contributed by atoms with Crippen molar-refractivity contribution >= 4 is 5.95 Å². The quantitative estimate of drug-likeness (QED) is 0.718. The molecule has 0 aliphatic heterocycles. The van der Waals surface area contributed by atoms with Gasteiger partial charge in [-0.25, -0.2) is 9.97 Å². The Morgan fingerprint density at radius 2 is 1.92 bits per heavy atom. The molecule has 1 aromatic heterocycles. The van der Waals surface area contributed by atoms with E-state index in [9.17, 15) is 0 Å². The van der Waals surface area contributed by atoms with Crippen molar-refractivity contribution in [3.8, 4) is 0 Å². The molecule has 3 nitrogen and oxygen atoms in total. The second-order valence-electron chi connectivity index (χ2n) is 3.14. The van der Waals surface area contributed by atoms with E-state index in [0.717, 1.165) is 11.4 Å². The van der Waals surface area contributed by atoms with Gasteiger partial charge in [0, 0.05) is 17.4 Å². The van der Waals surface area contributed by atoms with E-state index in [4.69, 9.17) is 0 Å². The normalized spacial score (nSPS) is 12.2. The van der Waals surface area contributed by atoms with Gasteiger partial charge in [-0.1, -0.05) is 6.08 Å². The van der Waals surface area contributed by atoms with Crippen LogP contribution >= 0.6 is 0 Å². The standard InChI is InChI=1S/C10H15N3/c1-5-7(2)11-10-12-8(3)6-9(4)13-10/h5-7H,1H2,2-4H3,(H,11,12,13). The number of nitrogens with zero attached hydrogens (tertiary/aromatic N) is 2. The number of aryl methyl sites for hydroxylation is 2. The van der Waals surface area contributed by atoms with Crippen LogP contribution in [0.1, 0.15) is 18.3 Å². The summed E-state index contributed by atoms with van der Waals surface area (Å²) < 4.78 is 0. The topological polar surface area (TPSA) is 37.8 Å². The van der Waals surface area contributed by atoms with Gasteiger partial charge in [0.25, 0.3) is 0 Å². The first-order chi connectivity index (χ1) is 6.11. The highest BCUT2D eigenvalue weighted by atomic mass is 15.1. The summed E-state index contributed by atoms with van der Waals surface area (Å²) in [6.45, 7) is 9.61. The van der Waals surface area contributed by atoms with E-state index in [1.165, 1.54) is 0 Å². The monoisotopic (exact) mass is 177 g/mol. The van der Waals surface area contributed by atoms with Crippen molar-refractivity contribution in [2.24, 2.45) is 0 Å². The summed E-state index contributed by atoms with van der Waals surface area (Å²) in [5.74, 6) is 0.671. The molecule has 0 aliphatic rings. The highest BCUT2D eigenvalue weighted by molar-refractivity contribution is 5.30.